The Kier molecular flexibility index (Phi) is 6.94. The smallest absolute Gasteiger partial charge is 0.256 e. The maximum atomic E-state index is 13.5. The maximum Gasteiger partial charge on any atom is 0.256 e. The Morgan fingerprint density at radius 3 is 2.27 bits per heavy atom. The van der Waals surface area contributed by atoms with Crippen LogP contribution in [0.1, 0.15) is 27.5 Å². The molecule has 1 atom stereocenters. The van der Waals surface area contributed by atoms with Gasteiger partial charge in [0.15, 0.2) is 11.5 Å². The lowest BCUT2D eigenvalue weighted by molar-refractivity contribution is 0.0589. The van der Waals surface area contributed by atoms with Crippen molar-refractivity contribution in [3.05, 3.63) is 82.4 Å². The number of hydrogen-bond acceptors (Lipinski definition) is 5. The first-order valence-corrected chi connectivity index (χ1v) is 11.0. The highest BCUT2D eigenvalue weighted by atomic mass is 35.5. The van der Waals surface area contributed by atoms with Crippen molar-refractivity contribution in [3.8, 4) is 23.0 Å². The standard InChI is InChI=1S/C26H26ClNO5/c1-30-18-8-10-19(11-9-18)33-16-23-21-15-25(32-3)24(31-2)14-17(21)12-13-28(23)26(29)20-6-4-5-7-22(20)27/h4-11,14-15,23H,12-13,16H2,1-3H3. The molecular weight excluding hydrogens is 442 g/mol. The zero-order valence-electron chi connectivity index (χ0n) is 18.8. The third-order valence-corrected chi connectivity index (χ3v) is 6.16. The highest BCUT2D eigenvalue weighted by molar-refractivity contribution is 6.33. The second kappa shape index (κ2) is 10.0. The number of amides is 1. The number of rotatable bonds is 7. The zero-order chi connectivity index (χ0) is 23.4. The molecule has 0 N–H and O–H groups in total. The van der Waals surface area contributed by atoms with E-state index in [0.29, 0.717) is 40.8 Å². The van der Waals surface area contributed by atoms with E-state index in [0.717, 1.165) is 16.9 Å². The lowest BCUT2D eigenvalue weighted by Gasteiger charge is -2.37. The summed E-state index contributed by atoms with van der Waals surface area (Å²) in [4.78, 5) is 15.3. The number of fused-ring (bicyclic) bond motifs is 1. The lowest BCUT2D eigenvalue weighted by Crippen LogP contribution is -2.42. The van der Waals surface area contributed by atoms with Crippen LogP contribution >= 0.6 is 11.6 Å². The van der Waals surface area contributed by atoms with Crippen molar-refractivity contribution < 1.29 is 23.7 Å². The summed E-state index contributed by atoms with van der Waals surface area (Å²) >= 11 is 6.35. The van der Waals surface area contributed by atoms with Crippen molar-refractivity contribution in [1.29, 1.82) is 0 Å². The number of ether oxygens (including phenoxy) is 4. The Balaban J connectivity index is 1.70. The molecule has 0 aromatic heterocycles. The number of hydrogen-bond donors (Lipinski definition) is 0. The molecule has 1 amide bonds. The molecule has 3 aromatic rings. The number of carbonyl (C=O) groups excluding carboxylic acids is 1. The van der Waals surface area contributed by atoms with Crippen molar-refractivity contribution in [2.75, 3.05) is 34.5 Å². The van der Waals surface area contributed by atoms with Crippen LogP contribution in [0.25, 0.3) is 0 Å². The molecule has 1 aliphatic heterocycles. The monoisotopic (exact) mass is 467 g/mol. The van der Waals surface area contributed by atoms with Crippen LogP contribution in [0.15, 0.2) is 60.7 Å². The van der Waals surface area contributed by atoms with E-state index >= 15 is 0 Å². The molecule has 1 unspecified atom stereocenters. The predicted molar refractivity (Wildman–Crippen MR) is 127 cm³/mol. The predicted octanol–water partition coefficient (Wildman–Crippen LogP) is 5.18. The molecule has 0 radical (unpaired) electrons. The average molecular weight is 468 g/mol. The number of carbonyl (C=O) groups is 1. The van der Waals surface area contributed by atoms with Crippen molar-refractivity contribution >= 4 is 17.5 Å². The summed E-state index contributed by atoms with van der Waals surface area (Å²) in [6.45, 7) is 0.800. The zero-order valence-corrected chi connectivity index (χ0v) is 19.6. The third kappa shape index (κ3) is 4.71. The molecule has 0 fully saturated rings. The van der Waals surface area contributed by atoms with Gasteiger partial charge in [-0.15, -0.1) is 0 Å². The molecule has 172 valence electrons. The number of nitrogens with zero attached hydrogens (tertiary/aromatic N) is 1. The molecule has 0 spiro atoms. The lowest BCUT2D eigenvalue weighted by atomic mass is 9.91. The number of halogens is 1. The molecule has 3 aromatic carbocycles. The molecule has 1 aliphatic rings. The fraction of sp³-hybridized carbons (Fsp3) is 0.269. The summed E-state index contributed by atoms with van der Waals surface area (Å²) in [5.74, 6) is 2.57. The Bertz CT molecular complexity index is 1130. The minimum absolute atomic E-state index is 0.135. The van der Waals surface area contributed by atoms with Crippen molar-refractivity contribution in [2.45, 2.75) is 12.5 Å². The molecule has 0 saturated carbocycles. The molecule has 0 aliphatic carbocycles. The summed E-state index contributed by atoms with van der Waals surface area (Å²) in [7, 11) is 4.84. The summed E-state index contributed by atoms with van der Waals surface area (Å²) in [6, 6.07) is 18.0. The van der Waals surface area contributed by atoms with E-state index in [4.69, 9.17) is 30.5 Å². The van der Waals surface area contributed by atoms with Gasteiger partial charge >= 0.3 is 0 Å². The second-order valence-corrected chi connectivity index (χ2v) is 8.04. The van der Waals surface area contributed by atoms with Crippen LogP contribution in [-0.4, -0.2) is 45.3 Å². The van der Waals surface area contributed by atoms with Crippen LogP contribution < -0.4 is 18.9 Å². The minimum Gasteiger partial charge on any atom is -0.497 e. The number of methoxy groups -OCH3 is 3. The van der Waals surface area contributed by atoms with Gasteiger partial charge in [0, 0.05) is 6.54 Å². The van der Waals surface area contributed by atoms with Crippen LogP contribution in [0, 0.1) is 0 Å². The highest BCUT2D eigenvalue weighted by Gasteiger charge is 2.34. The molecule has 0 saturated heterocycles. The molecular formula is C26H26ClNO5. The fourth-order valence-corrected chi connectivity index (χ4v) is 4.30. The van der Waals surface area contributed by atoms with E-state index in [1.54, 1.807) is 33.5 Å². The van der Waals surface area contributed by atoms with Gasteiger partial charge in [-0.05, 0) is 66.1 Å². The third-order valence-electron chi connectivity index (χ3n) is 5.84. The van der Waals surface area contributed by atoms with Gasteiger partial charge in [-0.3, -0.25) is 4.79 Å². The minimum atomic E-state index is -0.334. The summed E-state index contributed by atoms with van der Waals surface area (Å²) in [6.07, 6.45) is 0.685. The van der Waals surface area contributed by atoms with Gasteiger partial charge in [0.25, 0.3) is 5.91 Å². The van der Waals surface area contributed by atoms with Crippen molar-refractivity contribution in [1.82, 2.24) is 4.90 Å². The molecule has 7 heteroatoms. The SMILES string of the molecule is COc1ccc(OCC2c3cc(OC)c(OC)cc3CCN2C(=O)c2ccccc2Cl)cc1. The highest BCUT2D eigenvalue weighted by Crippen LogP contribution is 2.39. The first-order valence-electron chi connectivity index (χ1n) is 10.6. The molecule has 33 heavy (non-hydrogen) atoms. The first kappa shape index (κ1) is 22.8. The van der Waals surface area contributed by atoms with Crippen LogP contribution in [0.5, 0.6) is 23.0 Å². The van der Waals surface area contributed by atoms with Gasteiger partial charge < -0.3 is 23.8 Å². The van der Waals surface area contributed by atoms with Crippen LogP contribution in [0.4, 0.5) is 0 Å². The van der Waals surface area contributed by atoms with Gasteiger partial charge in [0.2, 0.25) is 0 Å². The molecule has 4 rings (SSSR count). The van der Waals surface area contributed by atoms with Crippen LogP contribution in [-0.2, 0) is 6.42 Å². The van der Waals surface area contributed by atoms with E-state index < -0.39 is 0 Å². The van der Waals surface area contributed by atoms with Crippen LogP contribution in [0.2, 0.25) is 5.02 Å². The van der Waals surface area contributed by atoms with E-state index in [-0.39, 0.29) is 18.6 Å². The average Bonchev–Trinajstić information content (AvgIpc) is 2.86. The molecule has 6 nitrogen and oxygen atoms in total. The molecule has 1 heterocycles. The van der Waals surface area contributed by atoms with Gasteiger partial charge in [-0.25, -0.2) is 0 Å². The number of benzene rings is 3. The van der Waals surface area contributed by atoms with Crippen molar-refractivity contribution in [2.24, 2.45) is 0 Å². The largest absolute Gasteiger partial charge is 0.497 e. The van der Waals surface area contributed by atoms with Crippen LogP contribution in [0.3, 0.4) is 0 Å². The molecule has 0 bridgehead atoms. The Labute approximate surface area is 198 Å². The van der Waals surface area contributed by atoms with Gasteiger partial charge in [-0.1, -0.05) is 23.7 Å². The Morgan fingerprint density at radius 2 is 1.61 bits per heavy atom. The van der Waals surface area contributed by atoms with Gasteiger partial charge in [0.1, 0.15) is 18.1 Å². The Morgan fingerprint density at radius 1 is 0.939 bits per heavy atom. The Hall–Kier alpha value is -3.38. The van der Waals surface area contributed by atoms with E-state index in [1.807, 2.05) is 53.4 Å². The quantitative estimate of drug-likeness (QED) is 0.479. The summed E-state index contributed by atoms with van der Waals surface area (Å²) < 4.78 is 22.4. The fourth-order valence-electron chi connectivity index (χ4n) is 4.09. The second-order valence-electron chi connectivity index (χ2n) is 7.64. The maximum absolute atomic E-state index is 13.5. The van der Waals surface area contributed by atoms with Gasteiger partial charge in [-0.2, -0.15) is 0 Å². The van der Waals surface area contributed by atoms with E-state index in [9.17, 15) is 4.79 Å². The van der Waals surface area contributed by atoms with E-state index in [2.05, 4.69) is 0 Å². The van der Waals surface area contributed by atoms with Gasteiger partial charge in [0.05, 0.1) is 38.0 Å². The first-order chi connectivity index (χ1) is 16.0. The normalized spacial score (nSPS) is 14.9. The summed E-state index contributed by atoms with van der Waals surface area (Å²) in [5, 5.41) is 0.426. The van der Waals surface area contributed by atoms with E-state index in [1.165, 1.54) is 0 Å². The van der Waals surface area contributed by atoms with Crippen molar-refractivity contribution in [3.63, 3.8) is 0 Å². The topological polar surface area (TPSA) is 57.2 Å². The summed E-state index contributed by atoms with van der Waals surface area (Å²) in [5.41, 5.74) is 2.53.